The quantitative estimate of drug-likeness (QED) is 0.184. The molecule has 0 fully saturated rings. The highest BCUT2D eigenvalue weighted by Gasteiger charge is 2.29. The average Bonchev–Trinajstić information content (AvgIpc) is 3.38. The molecule has 0 aliphatic rings. The Kier molecular flexibility index (Phi) is 11.6. The van der Waals surface area contributed by atoms with Crippen molar-refractivity contribution in [2.45, 2.75) is 71.5 Å². The molecule has 1 atom stereocenters. The number of sulfonamides is 1. The van der Waals surface area contributed by atoms with Crippen LogP contribution in [0.2, 0.25) is 0 Å². The molecule has 3 rings (SSSR count). The fourth-order valence-electron chi connectivity index (χ4n) is 4.02. The van der Waals surface area contributed by atoms with Gasteiger partial charge in [0.05, 0.1) is 36.5 Å². The summed E-state index contributed by atoms with van der Waals surface area (Å²) in [6.07, 6.45) is 1.37. The Hall–Kier alpha value is -4.30. The van der Waals surface area contributed by atoms with Crippen LogP contribution in [0.5, 0.6) is 0 Å². The maximum absolute atomic E-state index is 12.8. The van der Waals surface area contributed by atoms with E-state index in [9.17, 15) is 22.8 Å². The topological polar surface area (TPSA) is 171 Å². The molecule has 3 aromatic rings. The van der Waals surface area contributed by atoms with E-state index in [1.54, 1.807) is 50.7 Å². The molecule has 1 aromatic heterocycles. The zero-order chi connectivity index (χ0) is 32.5. The summed E-state index contributed by atoms with van der Waals surface area (Å²) >= 11 is 0. The van der Waals surface area contributed by atoms with E-state index < -0.39 is 39.5 Å². The molecule has 3 N–H and O–H groups in total. The van der Waals surface area contributed by atoms with Crippen molar-refractivity contribution in [1.82, 2.24) is 19.7 Å². The third-order valence-corrected chi connectivity index (χ3v) is 7.42. The molecule has 0 aliphatic heterocycles. The molecular weight excluding hydrogens is 588 g/mol. The summed E-state index contributed by atoms with van der Waals surface area (Å²) in [6.45, 7) is 11.3. The Morgan fingerprint density at radius 3 is 2.16 bits per heavy atom. The summed E-state index contributed by atoms with van der Waals surface area (Å²) in [5, 5.41) is 13.4. The van der Waals surface area contributed by atoms with Crippen LogP contribution in [0.1, 0.15) is 59.2 Å². The van der Waals surface area contributed by atoms with Crippen LogP contribution < -0.4 is 15.4 Å². The summed E-state index contributed by atoms with van der Waals surface area (Å²) in [4.78, 5) is 37.0. The molecule has 2 aromatic carbocycles. The number of carbonyl (C=O) groups excluding carboxylic acids is 3. The van der Waals surface area contributed by atoms with Crippen molar-refractivity contribution in [2.75, 3.05) is 17.2 Å². The van der Waals surface area contributed by atoms with Crippen molar-refractivity contribution in [3.63, 3.8) is 0 Å². The normalized spacial score (nSPS) is 12.4. The first-order valence-corrected chi connectivity index (χ1v) is 15.7. The van der Waals surface area contributed by atoms with Gasteiger partial charge in [0.25, 0.3) is 0 Å². The minimum absolute atomic E-state index is 0.0181. The highest BCUT2D eigenvalue weighted by Crippen LogP contribution is 2.19. The number of rotatable bonds is 13. The van der Waals surface area contributed by atoms with E-state index in [0.29, 0.717) is 30.0 Å². The standard InChI is InChI=1S/C30H40N6O7S/c1-7-42-28(38)26(16-20(2)3)27(37)32-22-10-8-21(9-11-22)18-36-19-24(34-35-36)17-31-44(40,41)25-14-12-23(13-15-25)33-29(39)43-30(4,5)6/h8-15,19-20,26,31H,7,16-18H2,1-6H3,(H,32,37)(H,33,39). The second kappa shape index (κ2) is 14.9. The molecule has 13 nitrogen and oxygen atoms in total. The van der Waals surface area contributed by atoms with Crippen molar-refractivity contribution in [1.29, 1.82) is 0 Å². The van der Waals surface area contributed by atoms with Gasteiger partial charge in [-0.05, 0) is 82.0 Å². The largest absolute Gasteiger partial charge is 0.465 e. The van der Waals surface area contributed by atoms with E-state index in [-0.39, 0.29) is 24.0 Å². The van der Waals surface area contributed by atoms with Gasteiger partial charge >= 0.3 is 12.1 Å². The van der Waals surface area contributed by atoms with Gasteiger partial charge in [-0.25, -0.2) is 22.6 Å². The molecule has 0 spiro atoms. The highest BCUT2D eigenvalue weighted by atomic mass is 32.2. The predicted molar refractivity (Wildman–Crippen MR) is 164 cm³/mol. The Bertz CT molecular complexity index is 1530. The Labute approximate surface area is 257 Å². The molecule has 14 heteroatoms. The lowest BCUT2D eigenvalue weighted by Gasteiger charge is -2.19. The number of amides is 2. The van der Waals surface area contributed by atoms with E-state index in [2.05, 4.69) is 25.7 Å². The number of aromatic nitrogens is 3. The fourth-order valence-corrected chi connectivity index (χ4v) is 5.02. The van der Waals surface area contributed by atoms with Crippen LogP contribution in [-0.4, -0.2) is 53.6 Å². The number of esters is 1. The maximum atomic E-state index is 12.8. The zero-order valence-corrected chi connectivity index (χ0v) is 26.6. The Morgan fingerprint density at radius 1 is 0.955 bits per heavy atom. The molecule has 0 saturated carbocycles. The van der Waals surface area contributed by atoms with Gasteiger partial charge < -0.3 is 14.8 Å². The second-order valence-electron chi connectivity index (χ2n) is 11.5. The number of ether oxygens (including phenoxy) is 2. The number of nitrogens with zero attached hydrogens (tertiary/aromatic N) is 3. The molecule has 1 heterocycles. The van der Waals surface area contributed by atoms with Gasteiger partial charge in [0.1, 0.15) is 11.5 Å². The molecule has 2 amide bonds. The molecule has 238 valence electrons. The molecule has 0 bridgehead atoms. The average molecular weight is 629 g/mol. The van der Waals surface area contributed by atoms with Crippen molar-refractivity contribution < 1.29 is 32.3 Å². The summed E-state index contributed by atoms with van der Waals surface area (Å²) in [6, 6.07) is 12.8. The van der Waals surface area contributed by atoms with Gasteiger partial charge in [-0.2, -0.15) is 0 Å². The van der Waals surface area contributed by atoms with Crippen LogP contribution in [-0.2, 0) is 42.2 Å². The van der Waals surface area contributed by atoms with Crippen LogP contribution in [0, 0.1) is 11.8 Å². The molecule has 0 radical (unpaired) electrons. The lowest BCUT2D eigenvalue weighted by atomic mass is 9.96. The van der Waals surface area contributed by atoms with E-state index in [4.69, 9.17) is 9.47 Å². The van der Waals surface area contributed by atoms with Gasteiger partial charge in [-0.1, -0.05) is 31.2 Å². The molecular formula is C30H40N6O7S. The van der Waals surface area contributed by atoms with Crippen LogP contribution in [0.25, 0.3) is 0 Å². The molecule has 44 heavy (non-hydrogen) atoms. The van der Waals surface area contributed by atoms with E-state index in [1.165, 1.54) is 24.3 Å². The third-order valence-electron chi connectivity index (χ3n) is 6.00. The van der Waals surface area contributed by atoms with Crippen LogP contribution >= 0.6 is 0 Å². The summed E-state index contributed by atoms with van der Waals surface area (Å²) < 4.78 is 39.8. The molecule has 0 aliphatic carbocycles. The van der Waals surface area contributed by atoms with Crippen LogP contribution in [0.4, 0.5) is 16.2 Å². The molecule has 0 saturated heterocycles. The second-order valence-corrected chi connectivity index (χ2v) is 13.3. The SMILES string of the molecule is CCOC(=O)C(CC(C)C)C(=O)Nc1ccc(Cn2cc(CNS(=O)(=O)c3ccc(NC(=O)OC(C)(C)C)cc3)nn2)cc1. The van der Waals surface area contributed by atoms with Crippen molar-refractivity contribution in [3.8, 4) is 0 Å². The van der Waals surface area contributed by atoms with Gasteiger partial charge in [0.2, 0.25) is 15.9 Å². The smallest absolute Gasteiger partial charge is 0.412 e. The number of nitrogens with one attached hydrogen (secondary N) is 3. The first-order valence-electron chi connectivity index (χ1n) is 14.2. The highest BCUT2D eigenvalue weighted by molar-refractivity contribution is 7.89. The summed E-state index contributed by atoms with van der Waals surface area (Å²) in [7, 11) is -3.85. The van der Waals surface area contributed by atoms with Crippen molar-refractivity contribution >= 4 is 39.4 Å². The van der Waals surface area contributed by atoms with Crippen molar-refractivity contribution in [2.24, 2.45) is 11.8 Å². The predicted octanol–water partition coefficient (Wildman–Crippen LogP) is 4.32. The number of hydrogen-bond donors (Lipinski definition) is 3. The Morgan fingerprint density at radius 2 is 1.57 bits per heavy atom. The lowest BCUT2D eigenvalue weighted by molar-refractivity contribution is -0.151. The number of carbonyl (C=O) groups is 3. The minimum Gasteiger partial charge on any atom is -0.465 e. The van der Waals surface area contributed by atoms with E-state index >= 15 is 0 Å². The number of hydrogen-bond acceptors (Lipinski definition) is 9. The lowest BCUT2D eigenvalue weighted by Crippen LogP contribution is -2.32. The first kappa shape index (κ1) is 34.2. The fraction of sp³-hybridized carbons (Fsp3) is 0.433. The van der Waals surface area contributed by atoms with Gasteiger partial charge in [0, 0.05) is 11.4 Å². The first-order chi connectivity index (χ1) is 20.6. The maximum Gasteiger partial charge on any atom is 0.412 e. The number of anilines is 2. The molecule has 1 unspecified atom stereocenters. The van der Waals surface area contributed by atoms with Gasteiger partial charge in [-0.3, -0.25) is 14.9 Å². The van der Waals surface area contributed by atoms with Crippen LogP contribution in [0.3, 0.4) is 0 Å². The summed E-state index contributed by atoms with van der Waals surface area (Å²) in [5.74, 6) is -1.70. The Balaban J connectivity index is 1.53. The minimum atomic E-state index is -3.85. The van der Waals surface area contributed by atoms with Crippen molar-refractivity contribution in [3.05, 3.63) is 66.0 Å². The summed E-state index contributed by atoms with van der Waals surface area (Å²) in [5.41, 5.74) is 1.55. The van der Waals surface area contributed by atoms with E-state index in [0.717, 1.165) is 5.56 Å². The van der Waals surface area contributed by atoms with Gasteiger partial charge in [-0.15, -0.1) is 5.10 Å². The number of benzene rings is 2. The van der Waals surface area contributed by atoms with Gasteiger partial charge in [0.15, 0.2) is 0 Å². The van der Waals surface area contributed by atoms with Crippen LogP contribution in [0.15, 0.2) is 59.6 Å². The zero-order valence-electron chi connectivity index (χ0n) is 25.8. The monoisotopic (exact) mass is 628 g/mol. The van der Waals surface area contributed by atoms with E-state index in [1.807, 2.05) is 26.0 Å². The third kappa shape index (κ3) is 10.8.